The molecule has 2 rings (SSSR count). The van der Waals surface area contributed by atoms with Gasteiger partial charge in [-0.2, -0.15) is 5.10 Å². The van der Waals surface area contributed by atoms with Crippen molar-refractivity contribution < 1.29 is 9.59 Å². The topological polar surface area (TPSA) is 76.0 Å². The van der Waals surface area contributed by atoms with Crippen molar-refractivity contribution in [3.05, 3.63) is 38.8 Å². The third-order valence-electron chi connectivity index (χ3n) is 3.65. The molecule has 22 heavy (non-hydrogen) atoms. The van der Waals surface area contributed by atoms with Gasteiger partial charge in [0.15, 0.2) is 0 Å². The van der Waals surface area contributed by atoms with Crippen LogP contribution in [-0.4, -0.2) is 21.6 Å². The lowest BCUT2D eigenvalue weighted by Crippen LogP contribution is -2.43. The highest BCUT2D eigenvalue weighted by molar-refractivity contribution is 7.13. The van der Waals surface area contributed by atoms with Gasteiger partial charge in [0.05, 0.1) is 16.5 Å². The zero-order chi connectivity index (χ0) is 16.4. The molecule has 0 radical (unpaired) electrons. The van der Waals surface area contributed by atoms with E-state index in [0.717, 1.165) is 21.8 Å². The molecule has 0 aromatic carbocycles. The first-order valence-corrected chi connectivity index (χ1v) is 7.79. The highest BCUT2D eigenvalue weighted by Gasteiger charge is 2.23. The molecular formula is C15H20N4O2S. The molecule has 0 fully saturated rings. The minimum Gasteiger partial charge on any atom is -0.273 e. The van der Waals surface area contributed by atoms with E-state index in [0.29, 0.717) is 4.88 Å². The van der Waals surface area contributed by atoms with E-state index in [1.54, 1.807) is 17.7 Å². The molecule has 0 saturated heterocycles. The summed E-state index contributed by atoms with van der Waals surface area (Å²) < 4.78 is 1.75. The van der Waals surface area contributed by atoms with E-state index in [1.165, 1.54) is 11.3 Å². The number of rotatable bonds is 3. The third-order valence-corrected chi connectivity index (χ3v) is 4.65. The van der Waals surface area contributed by atoms with Gasteiger partial charge in [-0.3, -0.25) is 25.1 Å². The fourth-order valence-electron chi connectivity index (χ4n) is 2.39. The largest absolute Gasteiger partial charge is 0.279 e. The second kappa shape index (κ2) is 6.31. The fourth-order valence-corrected chi connectivity index (χ4v) is 3.16. The van der Waals surface area contributed by atoms with Gasteiger partial charge < -0.3 is 0 Å². The molecule has 2 N–H and O–H groups in total. The van der Waals surface area contributed by atoms with Crippen LogP contribution in [0.1, 0.15) is 44.3 Å². The number of nitrogens with zero attached hydrogens (tertiary/aromatic N) is 2. The summed E-state index contributed by atoms with van der Waals surface area (Å²) in [6.45, 7) is 7.52. The quantitative estimate of drug-likeness (QED) is 0.849. The molecular weight excluding hydrogens is 300 g/mol. The smallest absolute Gasteiger partial charge is 0.273 e. The number of hydrazine groups is 1. The van der Waals surface area contributed by atoms with Crippen molar-refractivity contribution in [2.24, 2.45) is 7.05 Å². The van der Waals surface area contributed by atoms with Crippen molar-refractivity contribution in [3.63, 3.8) is 0 Å². The molecule has 0 unspecified atom stereocenters. The minimum absolute atomic E-state index is 0.263. The molecule has 2 amide bonds. The molecule has 2 aromatic rings. The molecule has 7 heteroatoms. The summed E-state index contributed by atoms with van der Waals surface area (Å²) in [6.07, 6.45) is 0. The number of amides is 2. The lowest BCUT2D eigenvalue weighted by molar-refractivity contribution is -0.123. The molecule has 0 aliphatic heterocycles. The molecule has 118 valence electrons. The monoisotopic (exact) mass is 320 g/mol. The fraction of sp³-hybridized carbons (Fsp3) is 0.400. The molecule has 2 heterocycles. The second-order valence-electron chi connectivity index (χ2n) is 5.28. The Balaban J connectivity index is 2.01. The Hall–Kier alpha value is -2.15. The third kappa shape index (κ3) is 3.19. The van der Waals surface area contributed by atoms with E-state index < -0.39 is 0 Å². The minimum atomic E-state index is -0.390. The van der Waals surface area contributed by atoms with Crippen molar-refractivity contribution >= 4 is 23.2 Å². The van der Waals surface area contributed by atoms with E-state index in [4.69, 9.17) is 0 Å². The maximum Gasteiger partial charge on any atom is 0.279 e. The summed E-state index contributed by atoms with van der Waals surface area (Å²) in [4.78, 5) is 25.8. The second-order valence-corrected chi connectivity index (χ2v) is 6.57. The van der Waals surface area contributed by atoms with Crippen molar-refractivity contribution in [1.29, 1.82) is 0 Å². The zero-order valence-electron chi connectivity index (χ0n) is 13.4. The molecule has 0 aliphatic rings. The average molecular weight is 320 g/mol. The predicted molar refractivity (Wildman–Crippen MR) is 85.8 cm³/mol. The van der Waals surface area contributed by atoms with Gasteiger partial charge in [0.2, 0.25) is 5.91 Å². The predicted octanol–water partition coefficient (Wildman–Crippen LogP) is 1.97. The maximum absolute atomic E-state index is 12.2. The van der Waals surface area contributed by atoms with Crippen LogP contribution in [0.25, 0.3) is 0 Å². The number of nitrogens with one attached hydrogen (secondary N) is 2. The highest BCUT2D eigenvalue weighted by atomic mass is 32.1. The SMILES string of the molecule is Cc1ccc(C(=O)NNC(=O)[C@H](C)c2c(C)nn(C)c2C)s1. The molecule has 1 atom stereocenters. The lowest BCUT2D eigenvalue weighted by atomic mass is 9.98. The van der Waals surface area contributed by atoms with Crippen LogP contribution in [0.15, 0.2) is 12.1 Å². The first-order valence-electron chi connectivity index (χ1n) is 6.98. The van der Waals surface area contributed by atoms with E-state index in [-0.39, 0.29) is 17.7 Å². The number of carbonyl (C=O) groups excluding carboxylic acids is 2. The van der Waals surface area contributed by atoms with Gasteiger partial charge in [0.25, 0.3) is 5.91 Å². The number of aromatic nitrogens is 2. The Labute approximate surface area is 133 Å². The van der Waals surface area contributed by atoms with Gasteiger partial charge in [0, 0.05) is 23.2 Å². The Bertz CT molecular complexity index is 717. The summed E-state index contributed by atoms with van der Waals surface area (Å²) in [7, 11) is 1.84. The Morgan fingerprint density at radius 1 is 1.23 bits per heavy atom. The normalized spacial score (nSPS) is 12.0. The molecule has 0 saturated carbocycles. The number of carbonyl (C=O) groups is 2. The van der Waals surface area contributed by atoms with Crippen molar-refractivity contribution in [2.45, 2.75) is 33.6 Å². The Morgan fingerprint density at radius 2 is 1.91 bits per heavy atom. The highest BCUT2D eigenvalue weighted by Crippen LogP contribution is 2.22. The average Bonchev–Trinajstić information content (AvgIpc) is 3.00. The van der Waals surface area contributed by atoms with Crippen LogP contribution in [0.4, 0.5) is 0 Å². The van der Waals surface area contributed by atoms with Crippen molar-refractivity contribution in [3.8, 4) is 0 Å². The van der Waals surface area contributed by atoms with Gasteiger partial charge in [-0.15, -0.1) is 11.3 Å². The molecule has 6 nitrogen and oxygen atoms in total. The van der Waals surface area contributed by atoms with Crippen LogP contribution in [0, 0.1) is 20.8 Å². The van der Waals surface area contributed by atoms with Crippen LogP contribution in [-0.2, 0) is 11.8 Å². The van der Waals surface area contributed by atoms with Gasteiger partial charge in [-0.05, 0) is 39.8 Å². The van der Waals surface area contributed by atoms with Crippen LogP contribution in [0.3, 0.4) is 0 Å². The molecule has 2 aromatic heterocycles. The Kier molecular flexibility index (Phi) is 4.65. The van der Waals surface area contributed by atoms with E-state index in [9.17, 15) is 9.59 Å². The summed E-state index contributed by atoms with van der Waals surface area (Å²) in [5.41, 5.74) is 7.59. The van der Waals surface area contributed by atoms with Crippen LogP contribution in [0.2, 0.25) is 0 Å². The lowest BCUT2D eigenvalue weighted by Gasteiger charge is -2.13. The van der Waals surface area contributed by atoms with E-state index in [2.05, 4.69) is 16.0 Å². The summed E-state index contributed by atoms with van der Waals surface area (Å²) >= 11 is 1.38. The molecule has 0 bridgehead atoms. The first-order chi connectivity index (χ1) is 10.3. The van der Waals surface area contributed by atoms with Gasteiger partial charge in [0.1, 0.15) is 0 Å². The summed E-state index contributed by atoms with van der Waals surface area (Å²) in [6, 6.07) is 3.60. The maximum atomic E-state index is 12.2. The number of thiophene rings is 1. The van der Waals surface area contributed by atoms with Gasteiger partial charge >= 0.3 is 0 Å². The van der Waals surface area contributed by atoms with E-state index >= 15 is 0 Å². The number of hydrogen-bond acceptors (Lipinski definition) is 4. The van der Waals surface area contributed by atoms with Crippen LogP contribution < -0.4 is 10.9 Å². The van der Waals surface area contributed by atoms with Gasteiger partial charge in [-0.25, -0.2) is 0 Å². The Morgan fingerprint density at radius 3 is 2.41 bits per heavy atom. The number of aryl methyl sites for hydroxylation is 3. The van der Waals surface area contributed by atoms with Crippen LogP contribution >= 0.6 is 11.3 Å². The summed E-state index contributed by atoms with van der Waals surface area (Å²) in [5.74, 6) is -0.960. The standard InChI is InChI=1S/C15H20N4O2S/c1-8-6-7-12(22-8)15(21)17-16-14(20)9(2)13-10(3)18-19(5)11(13)4/h6-7,9H,1-5H3,(H,16,20)(H,17,21)/t9-/m1/s1. The number of hydrogen-bond donors (Lipinski definition) is 2. The van der Waals surface area contributed by atoms with Crippen LogP contribution in [0.5, 0.6) is 0 Å². The molecule has 0 spiro atoms. The van der Waals surface area contributed by atoms with E-state index in [1.807, 2.05) is 33.9 Å². The molecule has 0 aliphatic carbocycles. The van der Waals surface area contributed by atoms with Crippen molar-refractivity contribution in [2.75, 3.05) is 0 Å². The summed E-state index contributed by atoms with van der Waals surface area (Å²) in [5, 5.41) is 4.31. The first kappa shape index (κ1) is 16.2. The zero-order valence-corrected chi connectivity index (χ0v) is 14.2. The van der Waals surface area contributed by atoms with Crippen molar-refractivity contribution in [1.82, 2.24) is 20.6 Å². The van der Waals surface area contributed by atoms with Gasteiger partial charge in [-0.1, -0.05) is 0 Å².